The Morgan fingerprint density at radius 1 is 0.407 bits per heavy atom. The van der Waals surface area contributed by atoms with E-state index in [-0.39, 0.29) is 25.9 Å². The van der Waals surface area contributed by atoms with Crippen LogP contribution in [0.1, 0.15) is 342 Å². The number of carboxylic acid groups (broad SMARTS) is 1. The molecule has 6 unspecified atom stereocenters. The molecule has 474 valence electrons. The van der Waals surface area contributed by atoms with E-state index in [2.05, 4.69) is 45.1 Å². The van der Waals surface area contributed by atoms with E-state index in [1.165, 1.54) is 199 Å². The molecule has 1 saturated heterocycles. The van der Waals surface area contributed by atoms with Gasteiger partial charge in [-0.25, -0.2) is 4.79 Å². The molecule has 0 bridgehead atoms. The minimum Gasteiger partial charge on any atom is -0.479 e. The molecular formula is C69H126O12. The van der Waals surface area contributed by atoms with Gasteiger partial charge in [-0.2, -0.15) is 0 Å². The summed E-state index contributed by atoms with van der Waals surface area (Å²) in [5, 5.41) is 31.6. The van der Waals surface area contributed by atoms with Crippen molar-refractivity contribution in [2.24, 2.45) is 0 Å². The Kier molecular flexibility index (Phi) is 54.2. The summed E-state index contributed by atoms with van der Waals surface area (Å²) in [6.07, 6.45) is 55.6. The minimum atomic E-state index is -1.90. The third-order valence-corrected chi connectivity index (χ3v) is 16.0. The number of rotatable bonds is 60. The highest BCUT2D eigenvalue weighted by molar-refractivity contribution is 5.74. The van der Waals surface area contributed by atoms with E-state index >= 15 is 0 Å². The van der Waals surface area contributed by atoms with Crippen molar-refractivity contribution < 1.29 is 58.2 Å². The summed E-state index contributed by atoms with van der Waals surface area (Å²) in [7, 11) is 0. The molecule has 0 amide bonds. The fourth-order valence-electron chi connectivity index (χ4n) is 10.8. The number of esters is 3. The van der Waals surface area contributed by atoms with Crippen LogP contribution in [0.25, 0.3) is 0 Å². The number of carbonyl (C=O) groups is 4. The lowest BCUT2D eigenvalue weighted by molar-refractivity contribution is -0.301. The molecule has 0 aromatic rings. The van der Waals surface area contributed by atoms with Crippen LogP contribution in [0.2, 0.25) is 0 Å². The van der Waals surface area contributed by atoms with Crippen LogP contribution in [-0.2, 0) is 42.9 Å². The zero-order chi connectivity index (χ0) is 58.9. The Labute approximate surface area is 496 Å². The van der Waals surface area contributed by atoms with Gasteiger partial charge in [-0.05, 0) is 51.4 Å². The van der Waals surface area contributed by atoms with Crippen LogP contribution in [0, 0.1) is 0 Å². The molecule has 1 fully saturated rings. The van der Waals surface area contributed by atoms with Crippen molar-refractivity contribution in [2.75, 3.05) is 13.2 Å². The minimum absolute atomic E-state index is 0.0663. The lowest BCUT2D eigenvalue weighted by atomic mass is 9.98. The average molecular weight is 1150 g/mol. The topological polar surface area (TPSA) is 175 Å². The van der Waals surface area contributed by atoms with Gasteiger partial charge >= 0.3 is 23.9 Å². The van der Waals surface area contributed by atoms with Crippen molar-refractivity contribution in [3.63, 3.8) is 0 Å². The van der Waals surface area contributed by atoms with Crippen LogP contribution in [0.3, 0.4) is 0 Å². The number of carboxylic acids is 1. The van der Waals surface area contributed by atoms with E-state index < -0.39 is 67.3 Å². The van der Waals surface area contributed by atoms with E-state index in [1.807, 2.05) is 0 Å². The fraction of sp³-hybridized carbons (Fsp3) is 0.884. The van der Waals surface area contributed by atoms with Crippen LogP contribution < -0.4 is 0 Å². The average Bonchev–Trinajstić information content (AvgIpc) is 3.53. The monoisotopic (exact) mass is 1150 g/mol. The van der Waals surface area contributed by atoms with Gasteiger partial charge in [0.2, 0.25) is 0 Å². The van der Waals surface area contributed by atoms with Crippen LogP contribution in [-0.4, -0.2) is 89.2 Å². The maximum absolute atomic E-state index is 13.2. The molecular weight excluding hydrogens is 1020 g/mol. The smallest absolute Gasteiger partial charge is 0.335 e. The number of aliphatic hydroxyl groups is 2. The number of unbranched alkanes of at least 4 members (excludes halogenated alkanes) is 42. The lowest BCUT2D eigenvalue weighted by Crippen LogP contribution is -2.61. The normalized spacial score (nSPS) is 17.8. The molecule has 0 spiro atoms. The second kappa shape index (κ2) is 57.6. The van der Waals surface area contributed by atoms with E-state index in [1.54, 1.807) is 0 Å². The zero-order valence-electron chi connectivity index (χ0n) is 52.6. The molecule has 1 aliphatic heterocycles. The summed E-state index contributed by atoms with van der Waals surface area (Å²) in [6, 6.07) is 0. The molecule has 1 rings (SSSR count). The van der Waals surface area contributed by atoms with Gasteiger partial charge in [0.05, 0.1) is 6.61 Å². The van der Waals surface area contributed by atoms with Crippen molar-refractivity contribution in [1.29, 1.82) is 0 Å². The van der Waals surface area contributed by atoms with Gasteiger partial charge in [-0.3, -0.25) is 14.4 Å². The number of hydrogen-bond donors (Lipinski definition) is 3. The molecule has 0 aliphatic carbocycles. The zero-order valence-corrected chi connectivity index (χ0v) is 52.6. The molecule has 12 heteroatoms. The number of ether oxygens (including phenoxy) is 5. The Morgan fingerprint density at radius 3 is 1.14 bits per heavy atom. The number of aliphatic carboxylic acids is 1. The summed E-state index contributed by atoms with van der Waals surface area (Å²) < 4.78 is 28.6. The van der Waals surface area contributed by atoms with E-state index in [4.69, 9.17) is 23.7 Å². The van der Waals surface area contributed by atoms with Crippen LogP contribution in [0.15, 0.2) is 24.3 Å². The highest BCUT2D eigenvalue weighted by atomic mass is 16.7. The van der Waals surface area contributed by atoms with Crippen LogP contribution in [0.4, 0.5) is 0 Å². The third-order valence-electron chi connectivity index (χ3n) is 16.0. The number of aliphatic hydroxyl groups excluding tert-OH is 2. The molecule has 0 aromatic heterocycles. The molecule has 0 aromatic carbocycles. The second-order valence-corrected chi connectivity index (χ2v) is 23.8. The Morgan fingerprint density at radius 2 is 0.741 bits per heavy atom. The second-order valence-electron chi connectivity index (χ2n) is 23.8. The molecule has 1 heterocycles. The molecule has 81 heavy (non-hydrogen) atoms. The summed E-state index contributed by atoms with van der Waals surface area (Å²) in [5.41, 5.74) is 0. The van der Waals surface area contributed by atoms with Gasteiger partial charge in [0.25, 0.3) is 0 Å². The van der Waals surface area contributed by atoms with Crippen molar-refractivity contribution in [1.82, 2.24) is 0 Å². The molecule has 1 aliphatic rings. The van der Waals surface area contributed by atoms with Gasteiger partial charge < -0.3 is 39.0 Å². The van der Waals surface area contributed by atoms with Crippen molar-refractivity contribution in [3.8, 4) is 0 Å². The summed E-state index contributed by atoms with van der Waals surface area (Å²) in [4.78, 5) is 51.4. The van der Waals surface area contributed by atoms with Crippen molar-refractivity contribution in [2.45, 2.75) is 379 Å². The molecule has 0 radical (unpaired) electrons. The van der Waals surface area contributed by atoms with Gasteiger partial charge in [-0.1, -0.05) is 295 Å². The molecule has 6 atom stereocenters. The molecule has 3 N–H and O–H groups in total. The quantitative estimate of drug-likeness (QED) is 0.0228. The first kappa shape index (κ1) is 76.2. The van der Waals surface area contributed by atoms with Crippen LogP contribution in [0.5, 0.6) is 0 Å². The van der Waals surface area contributed by atoms with E-state index in [9.17, 15) is 34.5 Å². The summed E-state index contributed by atoms with van der Waals surface area (Å²) in [5.74, 6) is -3.09. The third kappa shape index (κ3) is 47.2. The van der Waals surface area contributed by atoms with Gasteiger partial charge in [0.1, 0.15) is 18.8 Å². The van der Waals surface area contributed by atoms with Gasteiger partial charge in [0.15, 0.2) is 24.6 Å². The predicted molar refractivity (Wildman–Crippen MR) is 331 cm³/mol. The maximum Gasteiger partial charge on any atom is 0.335 e. The number of allylic oxidation sites excluding steroid dienone is 4. The Bertz CT molecular complexity index is 1500. The van der Waals surface area contributed by atoms with Gasteiger partial charge in [0, 0.05) is 19.3 Å². The summed E-state index contributed by atoms with van der Waals surface area (Å²) >= 11 is 0. The standard InChI is InChI=1S/C69H126O12/c1-4-7-10-13-16-19-22-25-28-30-31-33-35-37-40-43-46-49-52-55-61(70)77-58-60(79-62(71)56-53-50-47-44-41-38-34-27-24-21-18-15-12-9-6-3)59-78-69-67(65(74)64(73)66(81-69)68(75)76)80-63(72)57-54-51-48-45-42-39-36-32-29-26-23-20-17-14-11-8-5-2/h18,21,27,34,60,64-67,69,73-74H,4-17,19-20,22-26,28-33,35-59H2,1-3H3,(H,75,76)/b21-18-,34-27-. The fourth-order valence-corrected chi connectivity index (χ4v) is 10.8. The van der Waals surface area contributed by atoms with Crippen LogP contribution >= 0.6 is 0 Å². The first-order chi connectivity index (χ1) is 39.6. The maximum atomic E-state index is 13.2. The SMILES string of the molecule is CCCCC/C=C\C/C=C\CCCCCCCC(=O)OC(COC(=O)CCCCCCCCCCCCCCCCCCCCC)COC1OC(C(=O)O)C(O)C(O)C1OC(=O)CCCCCCCCCCCCCCCCCCC. The Balaban J connectivity index is 2.62. The van der Waals surface area contributed by atoms with Crippen molar-refractivity contribution >= 4 is 23.9 Å². The highest BCUT2D eigenvalue weighted by Crippen LogP contribution is 2.27. The number of hydrogen-bond acceptors (Lipinski definition) is 11. The Hall–Kier alpha value is -2.80. The van der Waals surface area contributed by atoms with Gasteiger partial charge in [-0.15, -0.1) is 0 Å². The van der Waals surface area contributed by atoms with E-state index in [0.717, 1.165) is 83.5 Å². The first-order valence-electron chi connectivity index (χ1n) is 34.3. The largest absolute Gasteiger partial charge is 0.479 e. The summed E-state index contributed by atoms with van der Waals surface area (Å²) in [6.45, 7) is 6.03. The highest BCUT2D eigenvalue weighted by Gasteiger charge is 2.50. The van der Waals surface area contributed by atoms with Crippen molar-refractivity contribution in [3.05, 3.63) is 24.3 Å². The predicted octanol–water partition coefficient (Wildman–Crippen LogP) is 18.6. The molecule has 0 saturated carbocycles. The molecule has 12 nitrogen and oxygen atoms in total. The number of carbonyl (C=O) groups excluding carboxylic acids is 3. The first-order valence-corrected chi connectivity index (χ1v) is 34.3. The van der Waals surface area contributed by atoms with E-state index in [0.29, 0.717) is 19.3 Å². The lowest BCUT2D eigenvalue weighted by Gasteiger charge is -2.40.